The van der Waals surface area contributed by atoms with Gasteiger partial charge >= 0.3 is 11.9 Å². The van der Waals surface area contributed by atoms with Gasteiger partial charge in [-0.05, 0) is 87.7 Å². The Hall–Kier alpha value is -5.27. The number of aliphatic carboxylic acids is 2. The standard InChI is InChI=1S/C42H78N12O12S/c1-8-24(6)32(44)39(63)53-30(21-55)38(62)49-26(13-11-18-47-42(45)46)35(59)48-25(12-9-10-17-43)34(58)50-28(16-19-67-7)37(61)54-33(23(4)5)40(64)51-27(14-15-31(56)57)36(60)52-29(41(65)66)20-22(2)3/h22-30,32-33,55H,8-21,43-44H2,1-7H3,(H,48,59)(H,49,62)(H,50,58)(H,51,64)(H,52,60)(H,53,63)(H,54,61)(H,56,57)(H,65,66)(H4,45,46,47)/t24-,25-,26-,27-,28-,29-,30-,32-,33-/m0/s1. The number of carboxylic acids is 2. The lowest BCUT2D eigenvalue weighted by Gasteiger charge is -2.29. The molecule has 7 amide bonds. The quantitative estimate of drug-likeness (QED) is 0.0175. The Morgan fingerprint density at radius 1 is 0.612 bits per heavy atom. The maximum atomic E-state index is 14.1. The second kappa shape index (κ2) is 33.2. The van der Waals surface area contributed by atoms with E-state index in [9.17, 15) is 58.5 Å². The van der Waals surface area contributed by atoms with Gasteiger partial charge in [-0.25, -0.2) is 4.79 Å². The fourth-order valence-electron chi connectivity index (χ4n) is 6.38. The highest BCUT2D eigenvalue weighted by molar-refractivity contribution is 7.98. The third kappa shape index (κ3) is 24.9. The van der Waals surface area contributed by atoms with Gasteiger partial charge in [0.2, 0.25) is 41.4 Å². The smallest absolute Gasteiger partial charge is 0.326 e. The molecule has 0 aliphatic heterocycles. The molecular formula is C42H78N12O12S. The summed E-state index contributed by atoms with van der Waals surface area (Å²) in [7, 11) is 0. The first-order chi connectivity index (χ1) is 31.4. The predicted molar refractivity (Wildman–Crippen MR) is 253 cm³/mol. The Labute approximate surface area is 397 Å². The summed E-state index contributed by atoms with van der Waals surface area (Å²) in [6, 6.07) is -10.5. The second-order valence-corrected chi connectivity index (χ2v) is 18.1. The van der Waals surface area contributed by atoms with Gasteiger partial charge in [0.1, 0.15) is 42.3 Å². The summed E-state index contributed by atoms with van der Waals surface area (Å²) in [6.45, 7) is 9.77. The van der Waals surface area contributed by atoms with Gasteiger partial charge in [-0.3, -0.25) is 43.3 Å². The van der Waals surface area contributed by atoms with Crippen LogP contribution in [0.1, 0.15) is 106 Å². The number of rotatable bonds is 35. The van der Waals surface area contributed by atoms with Crippen molar-refractivity contribution in [1.29, 1.82) is 0 Å². The van der Waals surface area contributed by atoms with Gasteiger partial charge in [0, 0.05) is 13.0 Å². The van der Waals surface area contributed by atoms with Gasteiger partial charge in [-0.2, -0.15) is 11.8 Å². The summed E-state index contributed by atoms with van der Waals surface area (Å²) in [6.07, 6.45) is 2.47. The summed E-state index contributed by atoms with van der Waals surface area (Å²) in [5.41, 5.74) is 22.6. The van der Waals surface area contributed by atoms with E-state index >= 15 is 0 Å². The molecule has 9 atom stereocenters. The van der Waals surface area contributed by atoms with Crippen LogP contribution in [0.25, 0.3) is 0 Å². The van der Waals surface area contributed by atoms with E-state index in [4.69, 9.17) is 22.9 Å². The largest absolute Gasteiger partial charge is 0.481 e. The van der Waals surface area contributed by atoms with E-state index in [-0.39, 0.29) is 63.0 Å². The van der Waals surface area contributed by atoms with Crippen molar-refractivity contribution in [2.75, 3.05) is 31.7 Å². The zero-order valence-corrected chi connectivity index (χ0v) is 40.7. The first-order valence-corrected chi connectivity index (χ1v) is 24.0. The van der Waals surface area contributed by atoms with Crippen LogP contribution in [-0.4, -0.2) is 155 Å². The van der Waals surface area contributed by atoms with Crippen molar-refractivity contribution in [1.82, 2.24) is 37.2 Å². The molecule has 0 aliphatic rings. The molecule has 0 unspecified atom stereocenters. The highest BCUT2D eigenvalue weighted by Gasteiger charge is 2.35. The highest BCUT2D eigenvalue weighted by Crippen LogP contribution is 2.12. The molecule has 24 nitrogen and oxygen atoms in total. The molecule has 0 fully saturated rings. The van der Waals surface area contributed by atoms with Crippen molar-refractivity contribution in [2.24, 2.45) is 45.7 Å². The van der Waals surface area contributed by atoms with Crippen molar-refractivity contribution < 1.29 is 58.5 Å². The normalized spacial score (nSPS) is 15.2. The van der Waals surface area contributed by atoms with Crippen molar-refractivity contribution in [2.45, 2.75) is 154 Å². The topological polar surface area (TPSA) is 415 Å². The lowest BCUT2D eigenvalue weighted by atomic mass is 9.99. The van der Waals surface area contributed by atoms with Crippen molar-refractivity contribution in [3.8, 4) is 0 Å². The number of carboxylic acid groups (broad SMARTS) is 2. The summed E-state index contributed by atoms with van der Waals surface area (Å²) in [4.78, 5) is 122. The first-order valence-electron chi connectivity index (χ1n) is 22.6. The lowest BCUT2D eigenvalue weighted by Crippen LogP contribution is -2.61. The summed E-state index contributed by atoms with van der Waals surface area (Å²) in [5.74, 6) is -9.26. The Kier molecular flexibility index (Phi) is 30.6. The molecule has 0 spiro atoms. The monoisotopic (exact) mass is 975 g/mol. The van der Waals surface area contributed by atoms with E-state index in [2.05, 4.69) is 42.2 Å². The third-order valence-corrected chi connectivity index (χ3v) is 11.3. The Morgan fingerprint density at radius 3 is 1.52 bits per heavy atom. The molecule has 67 heavy (non-hydrogen) atoms. The van der Waals surface area contributed by atoms with Crippen LogP contribution in [0.4, 0.5) is 0 Å². The SMILES string of the molecule is CC[C@H](C)[C@H](N)C(=O)N[C@@H](CO)C(=O)N[C@@H](CCCN=C(N)N)C(=O)N[C@@H](CCCCN)C(=O)N[C@@H](CCSC)C(=O)N[C@H](C(=O)N[C@@H](CCC(=O)O)C(=O)N[C@@H](CC(C)C)C(=O)O)C(C)C. The minimum absolute atomic E-state index is 0.0415. The molecule has 0 aliphatic carbocycles. The zero-order chi connectivity index (χ0) is 51.4. The van der Waals surface area contributed by atoms with E-state index in [0.29, 0.717) is 25.0 Å². The van der Waals surface area contributed by atoms with Gasteiger partial charge in [0.15, 0.2) is 5.96 Å². The Balaban J connectivity index is 6.59. The molecule has 25 heteroatoms. The first kappa shape index (κ1) is 61.7. The molecule has 0 heterocycles. The van der Waals surface area contributed by atoms with Gasteiger partial charge in [0.25, 0.3) is 0 Å². The molecule has 384 valence electrons. The van der Waals surface area contributed by atoms with Crippen LogP contribution in [0.15, 0.2) is 4.99 Å². The van der Waals surface area contributed by atoms with E-state index in [1.54, 1.807) is 40.9 Å². The number of amides is 7. The predicted octanol–water partition coefficient (Wildman–Crippen LogP) is -2.67. The number of thioether (sulfide) groups is 1. The summed E-state index contributed by atoms with van der Waals surface area (Å²) < 4.78 is 0. The van der Waals surface area contributed by atoms with Crippen LogP contribution in [-0.2, 0) is 43.2 Å². The molecule has 0 radical (unpaired) electrons. The molecule has 0 aromatic carbocycles. The lowest BCUT2D eigenvalue weighted by molar-refractivity contribution is -0.143. The van der Waals surface area contributed by atoms with Crippen LogP contribution in [0, 0.1) is 17.8 Å². The Morgan fingerprint density at radius 2 is 1.07 bits per heavy atom. The molecule has 0 saturated heterocycles. The van der Waals surface area contributed by atoms with Crippen LogP contribution in [0.5, 0.6) is 0 Å². The van der Waals surface area contributed by atoms with Crippen molar-refractivity contribution >= 4 is 71.0 Å². The number of aliphatic imine (C=N–C) groups is 1. The van der Waals surface area contributed by atoms with Crippen LogP contribution >= 0.6 is 11.8 Å². The van der Waals surface area contributed by atoms with E-state index < -0.39 is 127 Å². The number of nitrogens with one attached hydrogen (secondary N) is 7. The van der Waals surface area contributed by atoms with Gasteiger partial charge < -0.3 is 75.5 Å². The van der Waals surface area contributed by atoms with E-state index in [0.717, 1.165) is 0 Å². The minimum atomic E-state index is -1.49. The van der Waals surface area contributed by atoms with Crippen LogP contribution in [0.3, 0.4) is 0 Å². The fraction of sp³-hybridized carbons (Fsp3) is 0.762. The van der Waals surface area contributed by atoms with E-state index in [1.807, 2.05) is 6.92 Å². The third-order valence-electron chi connectivity index (χ3n) is 10.6. The summed E-state index contributed by atoms with van der Waals surface area (Å²) in [5, 5.41) is 46.7. The minimum Gasteiger partial charge on any atom is -0.481 e. The van der Waals surface area contributed by atoms with Crippen molar-refractivity contribution in [3.05, 3.63) is 0 Å². The molecule has 0 aromatic heterocycles. The average molecular weight is 975 g/mol. The van der Waals surface area contributed by atoms with Crippen LogP contribution in [0.2, 0.25) is 0 Å². The van der Waals surface area contributed by atoms with Gasteiger partial charge in [0.05, 0.1) is 12.6 Å². The highest BCUT2D eigenvalue weighted by atomic mass is 32.2. The molecule has 0 bridgehead atoms. The second-order valence-electron chi connectivity index (χ2n) is 17.1. The average Bonchev–Trinajstić information content (AvgIpc) is 3.26. The van der Waals surface area contributed by atoms with E-state index in [1.165, 1.54) is 11.8 Å². The molecular weight excluding hydrogens is 897 g/mol. The van der Waals surface area contributed by atoms with Gasteiger partial charge in [-0.15, -0.1) is 0 Å². The molecule has 0 aromatic rings. The number of aliphatic hydroxyl groups excluding tert-OH is 1. The van der Waals surface area contributed by atoms with Gasteiger partial charge in [-0.1, -0.05) is 48.0 Å². The zero-order valence-electron chi connectivity index (χ0n) is 39.9. The van der Waals surface area contributed by atoms with Crippen molar-refractivity contribution in [3.63, 3.8) is 0 Å². The number of aliphatic hydroxyl groups is 1. The number of nitrogens with two attached hydrogens (primary N) is 4. The number of nitrogens with zero attached hydrogens (tertiary/aromatic N) is 1. The molecule has 0 saturated carbocycles. The number of hydrogen-bond donors (Lipinski definition) is 14. The van der Waals surface area contributed by atoms with Crippen LogP contribution < -0.4 is 60.2 Å². The number of guanidine groups is 1. The Bertz CT molecular complexity index is 1650. The summed E-state index contributed by atoms with van der Waals surface area (Å²) >= 11 is 1.36. The molecule has 0 rings (SSSR count). The maximum Gasteiger partial charge on any atom is 0.326 e. The number of unbranched alkanes of at least 4 members (excludes halogenated alkanes) is 1. The fourth-order valence-corrected chi connectivity index (χ4v) is 6.85. The number of carbonyl (C=O) groups is 9. The maximum absolute atomic E-state index is 14.1. The number of hydrogen-bond acceptors (Lipinski definition) is 14. The number of carbonyl (C=O) groups excluding carboxylic acids is 7. The molecule has 18 N–H and O–H groups in total.